The largest absolute Gasteiger partial charge is 0.0879 e. The summed E-state index contributed by atoms with van der Waals surface area (Å²) in [5, 5.41) is 0. The molecule has 3 atom stereocenters. The molecule has 0 nitrogen and oxygen atoms in total. The Morgan fingerprint density at radius 1 is 1.50 bits per heavy atom. The molecule has 78 valence electrons. The Balaban J connectivity index is 1.79. The summed E-state index contributed by atoms with van der Waals surface area (Å²) >= 11 is 0. The molecule has 0 heterocycles. The monoisotopic (exact) mass is 190 g/mol. The van der Waals surface area contributed by atoms with Crippen LogP contribution >= 0.6 is 0 Å². The van der Waals surface area contributed by atoms with Gasteiger partial charge < -0.3 is 0 Å². The Morgan fingerprint density at radius 3 is 2.86 bits per heavy atom. The summed E-state index contributed by atoms with van der Waals surface area (Å²) in [5.74, 6) is 2.65. The fraction of sp³-hybridized carbons (Fsp3) is 0.714. The van der Waals surface area contributed by atoms with Crippen LogP contribution in [0, 0.1) is 17.8 Å². The van der Waals surface area contributed by atoms with E-state index in [9.17, 15) is 0 Å². The van der Waals surface area contributed by atoms with Crippen molar-refractivity contribution in [2.75, 3.05) is 0 Å². The summed E-state index contributed by atoms with van der Waals surface area (Å²) in [7, 11) is 0. The van der Waals surface area contributed by atoms with Crippen LogP contribution in [-0.2, 0) is 0 Å². The predicted octanol–water partition coefficient (Wildman–Crippen LogP) is 4.34. The smallest absolute Gasteiger partial charge is 0.00457 e. The topological polar surface area (TPSA) is 0 Å². The molecule has 14 heavy (non-hydrogen) atoms. The molecule has 2 aliphatic carbocycles. The van der Waals surface area contributed by atoms with E-state index in [2.05, 4.69) is 32.9 Å². The first-order valence-corrected chi connectivity index (χ1v) is 6.14. The number of rotatable bonds is 4. The van der Waals surface area contributed by atoms with Crippen molar-refractivity contribution < 1.29 is 0 Å². The standard InChI is InChI=1S/C14H22/c1-4-6-7-11-9-13(11)14-8-10(3)12(14)5-2/h5,9-10,13-14H,4,6-8H2,1-3H3. The van der Waals surface area contributed by atoms with Gasteiger partial charge in [0, 0.05) is 5.92 Å². The van der Waals surface area contributed by atoms with Gasteiger partial charge in [0.25, 0.3) is 0 Å². The average molecular weight is 190 g/mol. The van der Waals surface area contributed by atoms with Crippen molar-refractivity contribution in [3.05, 3.63) is 23.3 Å². The summed E-state index contributed by atoms with van der Waals surface area (Å²) < 4.78 is 0. The minimum Gasteiger partial charge on any atom is -0.0879 e. The molecule has 3 unspecified atom stereocenters. The molecule has 1 saturated carbocycles. The van der Waals surface area contributed by atoms with Crippen molar-refractivity contribution >= 4 is 0 Å². The molecule has 0 saturated heterocycles. The quantitative estimate of drug-likeness (QED) is 0.579. The van der Waals surface area contributed by atoms with Gasteiger partial charge in [0.2, 0.25) is 0 Å². The van der Waals surface area contributed by atoms with Crippen LogP contribution < -0.4 is 0 Å². The Hall–Kier alpha value is -0.520. The van der Waals surface area contributed by atoms with Gasteiger partial charge >= 0.3 is 0 Å². The van der Waals surface area contributed by atoms with E-state index in [0.29, 0.717) is 0 Å². The van der Waals surface area contributed by atoms with Gasteiger partial charge in [-0.2, -0.15) is 0 Å². The lowest BCUT2D eigenvalue weighted by atomic mass is 9.67. The van der Waals surface area contributed by atoms with Crippen molar-refractivity contribution in [3.63, 3.8) is 0 Å². The Kier molecular flexibility index (Phi) is 2.80. The second kappa shape index (κ2) is 3.92. The minimum atomic E-state index is 0.867. The molecule has 0 N–H and O–H groups in total. The van der Waals surface area contributed by atoms with Gasteiger partial charge in [0.15, 0.2) is 0 Å². The molecule has 0 aromatic carbocycles. The van der Waals surface area contributed by atoms with Crippen LogP contribution in [0.4, 0.5) is 0 Å². The van der Waals surface area contributed by atoms with Crippen molar-refractivity contribution in [3.8, 4) is 0 Å². The molecular weight excluding hydrogens is 168 g/mol. The first-order valence-electron chi connectivity index (χ1n) is 6.14. The average Bonchev–Trinajstić information content (AvgIpc) is 2.90. The number of unbranched alkanes of at least 4 members (excludes halogenated alkanes) is 1. The molecule has 2 rings (SSSR count). The zero-order valence-electron chi connectivity index (χ0n) is 9.72. The fourth-order valence-electron chi connectivity index (χ4n) is 2.90. The van der Waals surface area contributed by atoms with E-state index >= 15 is 0 Å². The second-order valence-electron chi connectivity index (χ2n) is 4.90. The van der Waals surface area contributed by atoms with Crippen LogP contribution in [0.15, 0.2) is 23.3 Å². The van der Waals surface area contributed by atoms with Gasteiger partial charge in [-0.15, -0.1) is 0 Å². The molecule has 0 amide bonds. The van der Waals surface area contributed by atoms with E-state index < -0.39 is 0 Å². The van der Waals surface area contributed by atoms with Gasteiger partial charge in [-0.05, 0) is 38.0 Å². The van der Waals surface area contributed by atoms with Crippen LogP contribution in [-0.4, -0.2) is 0 Å². The van der Waals surface area contributed by atoms with Crippen LogP contribution in [0.2, 0.25) is 0 Å². The van der Waals surface area contributed by atoms with E-state index in [4.69, 9.17) is 0 Å². The maximum Gasteiger partial charge on any atom is 0.00457 e. The number of hydrogen-bond acceptors (Lipinski definition) is 0. The van der Waals surface area contributed by atoms with E-state index in [-0.39, 0.29) is 0 Å². The Labute approximate surface area is 88.1 Å². The zero-order valence-corrected chi connectivity index (χ0v) is 9.72. The summed E-state index contributed by atoms with van der Waals surface area (Å²) in [6, 6.07) is 0. The molecule has 0 bridgehead atoms. The summed E-state index contributed by atoms with van der Waals surface area (Å²) in [6.45, 7) is 6.84. The van der Waals surface area contributed by atoms with Gasteiger partial charge in [-0.25, -0.2) is 0 Å². The van der Waals surface area contributed by atoms with Crippen molar-refractivity contribution in [1.29, 1.82) is 0 Å². The lowest BCUT2D eigenvalue weighted by Gasteiger charge is -2.38. The lowest BCUT2D eigenvalue weighted by Crippen LogP contribution is -2.27. The lowest BCUT2D eigenvalue weighted by molar-refractivity contribution is 0.309. The zero-order chi connectivity index (χ0) is 10.1. The third-order valence-corrected chi connectivity index (χ3v) is 3.90. The van der Waals surface area contributed by atoms with Crippen LogP contribution in [0.25, 0.3) is 0 Å². The molecule has 0 heteroatoms. The molecular formula is C14H22. The van der Waals surface area contributed by atoms with E-state index in [0.717, 1.165) is 17.8 Å². The highest BCUT2D eigenvalue weighted by molar-refractivity contribution is 5.37. The third-order valence-electron chi connectivity index (χ3n) is 3.90. The molecule has 2 aliphatic rings. The molecule has 0 radical (unpaired) electrons. The first kappa shape index (κ1) is 10.0. The molecule has 0 aromatic rings. The molecule has 0 aromatic heterocycles. The fourth-order valence-corrected chi connectivity index (χ4v) is 2.90. The van der Waals surface area contributed by atoms with Crippen LogP contribution in [0.5, 0.6) is 0 Å². The highest BCUT2D eigenvalue weighted by Crippen LogP contribution is 2.53. The first-order chi connectivity index (χ1) is 6.77. The van der Waals surface area contributed by atoms with Crippen molar-refractivity contribution in [1.82, 2.24) is 0 Å². The van der Waals surface area contributed by atoms with Gasteiger partial charge in [-0.1, -0.05) is 43.6 Å². The highest BCUT2D eigenvalue weighted by atomic mass is 14.5. The van der Waals surface area contributed by atoms with Crippen LogP contribution in [0.1, 0.15) is 46.5 Å². The van der Waals surface area contributed by atoms with Crippen molar-refractivity contribution in [2.45, 2.75) is 46.5 Å². The minimum absolute atomic E-state index is 0.867. The van der Waals surface area contributed by atoms with Crippen molar-refractivity contribution in [2.24, 2.45) is 17.8 Å². The second-order valence-corrected chi connectivity index (χ2v) is 4.90. The maximum absolute atomic E-state index is 2.51. The SMILES string of the molecule is CC=C1C(C)CC1C1C=C1CCCC. The number of allylic oxidation sites excluding steroid dienone is 4. The van der Waals surface area contributed by atoms with Crippen LogP contribution in [0.3, 0.4) is 0 Å². The molecule has 1 fully saturated rings. The third kappa shape index (κ3) is 1.67. The van der Waals surface area contributed by atoms with Gasteiger partial charge in [-0.3, -0.25) is 0 Å². The van der Waals surface area contributed by atoms with E-state index in [1.54, 1.807) is 11.1 Å². The predicted molar refractivity (Wildman–Crippen MR) is 62.1 cm³/mol. The maximum atomic E-state index is 2.51. The Morgan fingerprint density at radius 2 is 2.29 bits per heavy atom. The van der Waals surface area contributed by atoms with E-state index in [1.807, 2.05) is 0 Å². The molecule has 0 spiro atoms. The normalized spacial score (nSPS) is 38.1. The Bertz CT molecular complexity index is 270. The number of hydrogen-bond donors (Lipinski definition) is 0. The molecule has 0 aliphatic heterocycles. The summed E-state index contributed by atoms with van der Waals surface area (Å²) in [4.78, 5) is 0. The summed E-state index contributed by atoms with van der Waals surface area (Å²) in [6.07, 6.45) is 10.4. The highest BCUT2D eigenvalue weighted by Gasteiger charge is 2.42. The van der Waals surface area contributed by atoms with E-state index in [1.165, 1.54) is 25.7 Å². The summed E-state index contributed by atoms with van der Waals surface area (Å²) in [5.41, 5.74) is 3.47. The van der Waals surface area contributed by atoms with Gasteiger partial charge in [0.1, 0.15) is 0 Å². The van der Waals surface area contributed by atoms with Gasteiger partial charge in [0.05, 0.1) is 0 Å².